The fourth-order valence-corrected chi connectivity index (χ4v) is 4.10. The molecule has 0 aliphatic rings. The van der Waals surface area contributed by atoms with Crippen molar-refractivity contribution in [2.45, 2.75) is 29.7 Å². The predicted octanol–water partition coefficient (Wildman–Crippen LogP) is 1.82. The van der Waals surface area contributed by atoms with Crippen LogP contribution in [0.5, 0.6) is 0 Å². The summed E-state index contributed by atoms with van der Waals surface area (Å²) in [5.41, 5.74) is 0.985. The Kier molecular flexibility index (Phi) is 5.09. The number of primary sulfonamides is 1. The number of nitrogens with two attached hydrogens (primary N) is 1. The third-order valence-electron chi connectivity index (χ3n) is 3.39. The van der Waals surface area contributed by atoms with Gasteiger partial charge in [-0.05, 0) is 49.2 Å². The first-order valence-corrected chi connectivity index (χ1v) is 9.95. The van der Waals surface area contributed by atoms with Gasteiger partial charge in [0.05, 0.1) is 4.90 Å². The third-order valence-corrected chi connectivity index (χ3v) is 5.86. The predicted molar refractivity (Wildman–Crippen MR) is 87.7 cm³/mol. The molecule has 0 fully saturated rings. The van der Waals surface area contributed by atoms with E-state index in [-0.39, 0.29) is 4.90 Å². The monoisotopic (exact) mass is 372 g/mol. The molecule has 0 saturated heterocycles. The summed E-state index contributed by atoms with van der Waals surface area (Å²) in [4.78, 5) is -0.593. The highest BCUT2D eigenvalue weighted by molar-refractivity contribution is 7.89. The van der Waals surface area contributed by atoms with Gasteiger partial charge < -0.3 is 0 Å². The van der Waals surface area contributed by atoms with Crippen LogP contribution in [0.2, 0.25) is 0 Å². The van der Waals surface area contributed by atoms with Crippen molar-refractivity contribution in [2.24, 2.45) is 5.14 Å². The first-order valence-electron chi connectivity index (χ1n) is 6.92. The lowest BCUT2D eigenvalue weighted by Crippen LogP contribution is -2.28. The fraction of sp³-hybridized carbons (Fsp3) is 0.200. The maximum Gasteiger partial charge on any atom is 0.244 e. The van der Waals surface area contributed by atoms with E-state index in [4.69, 9.17) is 5.14 Å². The summed E-state index contributed by atoms with van der Waals surface area (Å²) < 4.78 is 63.7. The normalized spacial score (nSPS) is 13.7. The van der Waals surface area contributed by atoms with Crippen LogP contribution in [0.1, 0.15) is 24.1 Å². The topological polar surface area (TPSA) is 106 Å². The molecule has 0 saturated carbocycles. The van der Waals surface area contributed by atoms with Gasteiger partial charge in [0.25, 0.3) is 0 Å². The molecule has 2 rings (SSSR count). The Bertz CT molecular complexity index is 973. The number of halogens is 1. The van der Waals surface area contributed by atoms with Crippen LogP contribution in [0.3, 0.4) is 0 Å². The molecule has 0 heterocycles. The van der Waals surface area contributed by atoms with E-state index in [1.54, 1.807) is 13.0 Å². The van der Waals surface area contributed by atoms with Gasteiger partial charge in [-0.25, -0.2) is 31.1 Å². The molecule has 2 aromatic carbocycles. The third kappa shape index (κ3) is 4.18. The van der Waals surface area contributed by atoms with Crippen molar-refractivity contribution in [3.63, 3.8) is 0 Å². The maximum absolute atomic E-state index is 13.8. The zero-order valence-electron chi connectivity index (χ0n) is 13.0. The highest BCUT2D eigenvalue weighted by atomic mass is 32.2. The van der Waals surface area contributed by atoms with Crippen molar-refractivity contribution in [1.82, 2.24) is 4.72 Å². The number of rotatable bonds is 5. The molecule has 1 atom stereocenters. The Balaban J connectivity index is 2.35. The Labute approximate surface area is 140 Å². The summed E-state index contributed by atoms with van der Waals surface area (Å²) in [6, 6.07) is 8.57. The zero-order chi connectivity index (χ0) is 18.1. The molecule has 0 aliphatic carbocycles. The number of sulfonamides is 2. The van der Waals surface area contributed by atoms with Crippen LogP contribution in [0.4, 0.5) is 4.39 Å². The van der Waals surface area contributed by atoms with E-state index in [2.05, 4.69) is 4.72 Å². The highest BCUT2D eigenvalue weighted by Crippen LogP contribution is 2.21. The van der Waals surface area contributed by atoms with Crippen molar-refractivity contribution in [3.8, 4) is 0 Å². The van der Waals surface area contributed by atoms with Crippen LogP contribution < -0.4 is 9.86 Å². The second-order valence-corrected chi connectivity index (χ2v) is 8.64. The molecular weight excluding hydrogens is 355 g/mol. The van der Waals surface area contributed by atoms with Crippen molar-refractivity contribution in [1.29, 1.82) is 0 Å². The minimum absolute atomic E-state index is 0.132. The van der Waals surface area contributed by atoms with E-state index in [1.807, 2.05) is 0 Å². The van der Waals surface area contributed by atoms with Gasteiger partial charge in [0, 0.05) is 6.04 Å². The molecule has 130 valence electrons. The minimum atomic E-state index is -4.11. The minimum Gasteiger partial charge on any atom is -0.225 e. The molecule has 0 spiro atoms. The first kappa shape index (κ1) is 18.5. The standard InChI is InChI=1S/C15H17FN2O4S2/c1-10-6-7-14(16)15(8-10)24(21,22)18-11(2)12-4-3-5-13(9-12)23(17,19)20/h3-9,11,18H,1-2H3,(H2,17,19,20). The number of hydrogen-bond donors (Lipinski definition) is 2. The van der Waals surface area contributed by atoms with E-state index < -0.39 is 36.8 Å². The first-order chi connectivity index (χ1) is 11.0. The van der Waals surface area contributed by atoms with Crippen LogP contribution in [-0.2, 0) is 20.0 Å². The molecule has 1 unspecified atom stereocenters. The molecule has 0 aliphatic heterocycles. The van der Waals surface area contributed by atoms with Crippen LogP contribution >= 0.6 is 0 Å². The largest absolute Gasteiger partial charge is 0.244 e. The summed E-state index contributed by atoms with van der Waals surface area (Å²) in [5.74, 6) is -0.862. The van der Waals surface area contributed by atoms with Gasteiger partial charge in [-0.3, -0.25) is 0 Å². The summed E-state index contributed by atoms with van der Waals surface area (Å²) in [5, 5.41) is 5.06. The van der Waals surface area contributed by atoms with Crippen molar-refractivity contribution >= 4 is 20.0 Å². The van der Waals surface area contributed by atoms with E-state index in [0.717, 1.165) is 6.07 Å². The van der Waals surface area contributed by atoms with Crippen LogP contribution in [0.15, 0.2) is 52.3 Å². The van der Waals surface area contributed by atoms with Crippen molar-refractivity contribution < 1.29 is 21.2 Å². The Morgan fingerprint density at radius 2 is 1.75 bits per heavy atom. The van der Waals surface area contributed by atoms with Gasteiger partial charge in [-0.1, -0.05) is 18.2 Å². The average Bonchev–Trinajstić information content (AvgIpc) is 2.48. The quantitative estimate of drug-likeness (QED) is 0.835. The van der Waals surface area contributed by atoms with Crippen LogP contribution in [0, 0.1) is 12.7 Å². The smallest absolute Gasteiger partial charge is 0.225 e. The van der Waals surface area contributed by atoms with Gasteiger partial charge in [-0.2, -0.15) is 0 Å². The van der Waals surface area contributed by atoms with Crippen LogP contribution in [0.25, 0.3) is 0 Å². The van der Waals surface area contributed by atoms with Gasteiger partial charge in [-0.15, -0.1) is 0 Å². The molecule has 24 heavy (non-hydrogen) atoms. The average molecular weight is 372 g/mol. The summed E-state index contributed by atoms with van der Waals surface area (Å²) in [6.07, 6.45) is 0. The van der Waals surface area contributed by atoms with Gasteiger partial charge in [0.1, 0.15) is 10.7 Å². The molecule has 3 N–H and O–H groups in total. The fourth-order valence-electron chi connectivity index (χ4n) is 2.14. The molecule has 0 amide bonds. The zero-order valence-corrected chi connectivity index (χ0v) is 14.7. The van der Waals surface area contributed by atoms with Gasteiger partial charge in [0.15, 0.2) is 0 Å². The lowest BCUT2D eigenvalue weighted by atomic mass is 10.1. The number of aryl methyl sites for hydroxylation is 1. The summed E-state index contributed by atoms with van der Waals surface area (Å²) in [7, 11) is -8.02. The second kappa shape index (κ2) is 6.60. The van der Waals surface area contributed by atoms with Crippen molar-refractivity contribution in [2.75, 3.05) is 0 Å². The number of hydrogen-bond acceptors (Lipinski definition) is 4. The lowest BCUT2D eigenvalue weighted by molar-refractivity contribution is 0.546. The second-order valence-electron chi connectivity index (χ2n) is 5.39. The number of benzene rings is 2. The Morgan fingerprint density at radius 3 is 2.38 bits per heavy atom. The molecule has 6 nitrogen and oxygen atoms in total. The van der Waals surface area contributed by atoms with E-state index in [1.165, 1.54) is 37.3 Å². The van der Waals surface area contributed by atoms with E-state index in [0.29, 0.717) is 11.1 Å². The SMILES string of the molecule is Cc1ccc(F)c(S(=O)(=O)NC(C)c2cccc(S(N)(=O)=O)c2)c1. The Hall–Kier alpha value is -1.81. The molecule has 0 aromatic heterocycles. The molecule has 9 heteroatoms. The van der Waals surface area contributed by atoms with E-state index in [9.17, 15) is 21.2 Å². The maximum atomic E-state index is 13.8. The van der Waals surface area contributed by atoms with Gasteiger partial charge in [0.2, 0.25) is 20.0 Å². The van der Waals surface area contributed by atoms with Crippen molar-refractivity contribution in [3.05, 3.63) is 59.4 Å². The van der Waals surface area contributed by atoms with Crippen LogP contribution in [-0.4, -0.2) is 16.8 Å². The molecular formula is C15H17FN2O4S2. The summed E-state index contributed by atoms with van der Waals surface area (Å²) in [6.45, 7) is 3.17. The van der Waals surface area contributed by atoms with Gasteiger partial charge >= 0.3 is 0 Å². The summed E-state index contributed by atoms with van der Waals surface area (Å²) >= 11 is 0. The molecule has 2 aromatic rings. The lowest BCUT2D eigenvalue weighted by Gasteiger charge is -2.16. The Morgan fingerprint density at radius 1 is 1.08 bits per heavy atom. The molecule has 0 bridgehead atoms. The highest BCUT2D eigenvalue weighted by Gasteiger charge is 2.22. The molecule has 0 radical (unpaired) electrons. The van der Waals surface area contributed by atoms with E-state index >= 15 is 0 Å². The number of nitrogens with one attached hydrogen (secondary N) is 1.